The first-order valence-corrected chi connectivity index (χ1v) is 9.78. The molecule has 1 fully saturated rings. The second-order valence-corrected chi connectivity index (χ2v) is 7.64. The van der Waals surface area contributed by atoms with Crippen molar-refractivity contribution in [3.63, 3.8) is 0 Å². The van der Waals surface area contributed by atoms with E-state index in [0.717, 1.165) is 10.6 Å². The lowest BCUT2D eigenvalue weighted by Crippen LogP contribution is -2.50. The summed E-state index contributed by atoms with van der Waals surface area (Å²) in [5.41, 5.74) is 0.735. The van der Waals surface area contributed by atoms with Gasteiger partial charge in [0.15, 0.2) is 6.10 Å². The fourth-order valence-corrected chi connectivity index (χ4v) is 3.96. The number of hydrogen-bond acceptors (Lipinski definition) is 8. The van der Waals surface area contributed by atoms with Crippen LogP contribution in [0.5, 0.6) is 0 Å². The number of aliphatic hydroxyl groups excluding tert-OH is 2. The quantitative estimate of drug-likeness (QED) is 0.428. The van der Waals surface area contributed by atoms with E-state index < -0.39 is 30.9 Å². The fourth-order valence-electron chi connectivity index (χ4n) is 3.21. The monoisotopic (exact) mass is 397 g/mol. The number of hydrogen-bond donors (Lipinski definition) is 5. The molecule has 10 heteroatoms. The van der Waals surface area contributed by atoms with Crippen molar-refractivity contribution in [3.8, 4) is 0 Å². The first-order chi connectivity index (χ1) is 13.0. The van der Waals surface area contributed by atoms with Gasteiger partial charge in [0.1, 0.15) is 5.82 Å². The average Bonchev–Trinajstić information content (AvgIpc) is 2.66. The Morgan fingerprint density at radius 3 is 3.00 bits per heavy atom. The van der Waals surface area contributed by atoms with E-state index in [2.05, 4.69) is 15.6 Å². The number of carbonyl (C=O) groups excluding carboxylic acids is 1. The van der Waals surface area contributed by atoms with Gasteiger partial charge in [-0.25, -0.2) is 9.78 Å². The van der Waals surface area contributed by atoms with Crippen LogP contribution in [-0.2, 0) is 20.9 Å². The van der Waals surface area contributed by atoms with E-state index in [0.29, 0.717) is 31.0 Å². The van der Waals surface area contributed by atoms with E-state index in [1.807, 2.05) is 12.1 Å². The van der Waals surface area contributed by atoms with Crippen LogP contribution in [0, 0.1) is 0 Å². The molecule has 0 aromatic carbocycles. The molecule has 1 aromatic rings. The molecule has 1 amide bonds. The Balaban J connectivity index is 1.63. The van der Waals surface area contributed by atoms with Gasteiger partial charge < -0.3 is 30.7 Å². The first kappa shape index (κ1) is 20.0. The molecule has 1 saturated heterocycles. The number of carboxylic acid groups (broad SMARTS) is 1. The zero-order chi connectivity index (χ0) is 19.4. The third-order valence-electron chi connectivity index (χ3n) is 4.60. The number of rotatable bonds is 7. The number of carbonyl (C=O) groups is 2. The van der Waals surface area contributed by atoms with E-state index in [-0.39, 0.29) is 18.4 Å². The Bertz CT molecular complexity index is 703. The standard InChI is InChI=1S/C17H23N3O6S/c21-7-10(22)5-13-11(2-3-12(26-13)17(24)25)18-6-9-1-4-14-16(19-9)20-15(23)8-27-14/h1,4,10-13,18,21-22H,2-3,5-8H2,(H,24,25)(H,19,20,23)/t10-,11+,12-,13+/m0/s1. The second-order valence-electron chi connectivity index (χ2n) is 6.62. The van der Waals surface area contributed by atoms with Gasteiger partial charge >= 0.3 is 5.97 Å². The minimum Gasteiger partial charge on any atom is -0.479 e. The van der Waals surface area contributed by atoms with Crippen LogP contribution in [0.3, 0.4) is 0 Å². The molecular weight excluding hydrogens is 374 g/mol. The summed E-state index contributed by atoms with van der Waals surface area (Å²) in [7, 11) is 0. The minimum atomic E-state index is -1.03. The van der Waals surface area contributed by atoms with E-state index in [1.54, 1.807) is 0 Å². The molecule has 0 unspecified atom stereocenters. The molecule has 4 atom stereocenters. The highest BCUT2D eigenvalue weighted by atomic mass is 32.2. The normalized spacial score (nSPS) is 26.1. The van der Waals surface area contributed by atoms with Crippen LogP contribution in [0.2, 0.25) is 0 Å². The van der Waals surface area contributed by atoms with Crippen molar-refractivity contribution in [2.24, 2.45) is 0 Å². The molecular formula is C17H23N3O6S. The molecule has 148 valence electrons. The van der Waals surface area contributed by atoms with Crippen LogP contribution in [-0.4, -0.2) is 68.9 Å². The van der Waals surface area contributed by atoms with Gasteiger partial charge in [0, 0.05) is 19.0 Å². The molecule has 2 aliphatic heterocycles. The summed E-state index contributed by atoms with van der Waals surface area (Å²) in [5.74, 6) is -0.176. The number of amides is 1. The van der Waals surface area contributed by atoms with Crippen LogP contribution in [0.4, 0.5) is 5.82 Å². The van der Waals surface area contributed by atoms with Crippen molar-refractivity contribution in [2.75, 3.05) is 17.7 Å². The van der Waals surface area contributed by atoms with Crippen molar-refractivity contribution in [3.05, 3.63) is 17.8 Å². The number of carboxylic acids is 1. The van der Waals surface area contributed by atoms with Crippen molar-refractivity contribution < 1.29 is 29.6 Å². The average molecular weight is 397 g/mol. The Morgan fingerprint density at radius 2 is 2.26 bits per heavy atom. The van der Waals surface area contributed by atoms with Gasteiger partial charge in [-0.2, -0.15) is 0 Å². The summed E-state index contributed by atoms with van der Waals surface area (Å²) in [6, 6.07) is 3.61. The third kappa shape index (κ3) is 5.17. The maximum absolute atomic E-state index is 11.5. The maximum Gasteiger partial charge on any atom is 0.332 e. The van der Waals surface area contributed by atoms with Crippen molar-refractivity contribution >= 4 is 29.5 Å². The summed E-state index contributed by atoms with van der Waals surface area (Å²) < 4.78 is 5.61. The van der Waals surface area contributed by atoms with Gasteiger partial charge in [0.05, 0.1) is 35.2 Å². The predicted molar refractivity (Wildman–Crippen MR) is 97.5 cm³/mol. The van der Waals surface area contributed by atoms with Gasteiger partial charge in [-0.05, 0) is 25.0 Å². The fraction of sp³-hybridized carbons (Fsp3) is 0.588. The van der Waals surface area contributed by atoms with Crippen LogP contribution in [0.25, 0.3) is 0 Å². The van der Waals surface area contributed by atoms with Crippen molar-refractivity contribution in [2.45, 2.75) is 55.1 Å². The molecule has 0 bridgehead atoms. The van der Waals surface area contributed by atoms with E-state index in [9.17, 15) is 19.8 Å². The van der Waals surface area contributed by atoms with Crippen LogP contribution in [0.1, 0.15) is 25.0 Å². The number of aromatic nitrogens is 1. The molecule has 3 heterocycles. The molecule has 9 nitrogen and oxygen atoms in total. The molecule has 2 aliphatic rings. The summed E-state index contributed by atoms with van der Waals surface area (Å²) in [6.07, 6.45) is -1.34. The number of aliphatic carboxylic acids is 1. The lowest BCUT2D eigenvalue weighted by Gasteiger charge is -2.36. The van der Waals surface area contributed by atoms with Gasteiger partial charge in [-0.15, -0.1) is 11.8 Å². The Hall–Kier alpha value is -1.72. The predicted octanol–water partition coefficient (Wildman–Crippen LogP) is -0.0405. The third-order valence-corrected chi connectivity index (χ3v) is 5.64. The number of aliphatic hydroxyl groups is 2. The number of anilines is 1. The molecule has 27 heavy (non-hydrogen) atoms. The minimum absolute atomic E-state index is 0.0800. The lowest BCUT2D eigenvalue weighted by atomic mass is 9.94. The summed E-state index contributed by atoms with van der Waals surface area (Å²) in [6.45, 7) is -0.000632. The number of nitrogens with one attached hydrogen (secondary N) is 2. The lowest BCUT2D eigenvalue weighted by molar-refractivity contribution is -0.163. The number of nitrogens with zero attached hydrogens (tertiary/aromatic N) is 1. The highest BCUT2D eigenvalue weighted by Gasteiger charge is 2.35. The van der Waals surface area contributed by atoms with Crippen molar-refractivity contribution in [1.82, 2.24) is 10.3 Å². The number of ether oxygens (including phenoxy) is 1. The number of thioether (sulfide) groups is 1. The molecule has 0 radical (unpaired) electrons. The van der Waals surface area contributed by atoms with Crippen LogP contribution >= 0.6 is 11.8 Å². The molecule has 1 aromatic heterocycles. The molecule has 0 spiro atoms. The molecule has 3 rings (SSSR count). The Morgan fingerprint density at radius 1 is 1.44 bits per heavy atom. The van der Waals surface area contributed by atoms with E-state index >= 15 is 0 Å². The molecule has 0 saturated carbocycles. The molecule has 0 aliphatic carbocycles. The maximum atomic E-state index is 11.5. The Labute approximate surface area is 160 Å². The van der Waals surface area contributed by atoms with Gasteiger partial charge in [0.2, 0.25) is 5.91 Å². The van der Waals surface area contributed by atoms with Crippen molar-refractivity contribution in [1.29, 1.82) is 0 Å². The summed E-state index contributed by atoms with van der Waals surface area (Å²) in [4.78, 5) is 28.1. The summed E-state index contributed by atoms with van der Waals surface area (Å²) in [5, 5.41) is 34.0. The van der Waals surface area contributed by atoms with Gasteiger partial charge in [0.25, 0.3) is 0 Å². The zero-order valence-electron chi connectivity index (χ0n) is 14.6. The second kappa shape index (κ2) is 8.98. The SMILES string of the molecule is O=C1CSc2ccc(CN[C@@H]3CC[C@@H](C(=O)O)O[C@@H]3C[C@H](O)CO)nc2N1. The summed E-state index contributed by atoms with van der Waals surface area (Å²) >= 11 is 1.44. The van der Waals surface area contributed by atoms with Gasteiger partial charge in [-0.3, -0.25) is 4.79 Å². The van der Waals surface area contributed by atoms with Crippen LogP contribution < -0.4 is 10.6 Å². The zero-order valence-corrected chi connectivity index (χ0v) is 15.4. The largest absolute Gasteiger partial charge is 0.479 e. The van der Waals surface area contributed by atoms with E-state index in [4.69, 9.17) is 9.84 Å². The van der Waals surface area contributed by atoms with Crippen LogP contribution in [0.15, 0.2) is 17.0 Å². The van der Waals surface area contributed by atoms with E-state index in [1.165, 1.54) is 11.8 Å². The smallest absolute Gasteiger partial charge is 0.332 e. The highest BCUT2D eigenvalue weighted by Crippen LogP contribution is 2.30. The number of fused-ring (bicyclic) bond motifs is 1. The topological polar surface area (TPSA) is 141 Å². The van der Waals surface area contributed by atoms with Gasteiger partial charge in [-0.1, -0.05) is 0 Å². The Kier molecular flexibility index (Phi) is 6.66. The number of pyridine rings is 1. The molecule has 5 N–H and O–H groups in total. The highest BCUT2D eigenvalue weighted by molar-refractivity contribution is 8.00. The first-order valence-electron chi connectivity index (χ1n) is 8.79.